The molecule has 0 saturated heterocycles. The lowest BCUT2D eigenvalue weighted by Crippen LogP contribution is -2.41. The van der Waals surface area contributed by atoms with Crippen LogP contribution < -0.4 is 10.6 Å². The maximum absolute atomic E-state index is 12.7. The van der Waals surface area contributed by atoms with E-state index in [0.717, 1.165) is 11.1 Å². The number of anilines is 1. The Kier molecular flexibility index (Phi) is 9.10. The molecule has 0 aliphatic carbocycles. The average Bonchev–Trinajstić information content (AvgIpc) is 2.80. The summed E-state index contributed by atoms with van der Waals surface area (Å²) < 4.78 is 30.8. The molecule has 0 fully saturated rings. The number of amides is 2. The number of benzene rings is 3. The molecule has 3 rings (SSSR count). The van der Waals surface area contributed by atoms with E-state index in [2.05, 4.69) is 10.6 Å². The molecule has 1 atom stereocenters. The zero-order valence-corrected chi connectivity index (χ0v) is 22.5. The lowest BCUT2D eigenvalue weighted by Gasteiger charge is -2.23. The minimum absolute atomic E-state index is 0.0232. The van der Waals surface area contributed by atoms with E-state index in [9.17, 15) is 18.0 Å². The first-order valence-electron chi connectivity index (χ1n) is 12.1. The van der Waals surface area contributed by atoms with Crippen LogP contribution in [-0.2, 0) is 31.5 Å². The molecule has 0 aromatic heterocycles. The quantitative estimate of drug-likeness (QED) is 0.365. The number of carbonyl (C=O) groups excluding carboxylic acids is 2. The summed E-state index contributed by atoms with van der Waals surface area (Å²) in [6, 6.07) is 22.0. The molecular formula is C29H34N2O5S. The van der Waals surface area contributed by atoms with Gasteiger partial charge in [0.2, 0.25) is 0 Å². The highest BCUT2D eigenvalue weighted by atomic mass is 32.2. The number of hydrogen-bond acceptors (Lipinski definition) is 5. The van der Waals surface area contributed by atoms with Crippen molar-refractivity contribution in [3.05, 3.63) is 95.6 Å². The van der Waals surface area contributed by atoms with Crippen molar-refractivity contribution in [1.29, 1.82) is 0 Å². The first kappa shape index (κ1) is 27.9. The van der Waals surface area contributed by atoms with E-state index >= 15 is 0 Å². The molecule has 0 heterocycles. The van der Waals surface area contributed by atoms with E-state index in [1.165, 1.54) is 0 Å². The molecule has 0 spiro atoms. The number of ether oxygens (including phenoxy) is 1. The SMILES string of the molecule is Cc1ccc(S(=O)(=O)Cc2ccc(NC(=O)N[C@H](CC(=O)OC(C)(C)C)Cc3ccccc3)cc2)cc1. The number of aryl methyl sites for hydroxylation is 1. The van der Waals surface area contributed by atoms with Crippen molar-refractivity contribution < 1.29 is 22.7 Å². The van der Waals surface area contributed by atoms with Crippen LogP contribution in [0.15, 0.2) is 83.8 Å². The number of carbonyl (C=O) groups is 2. The van der Waals surface area contributed by atoms with Gasteiger partial charge >= 0.3 is 12.0 Å². The van der Waals surface area contributed by atoms with Crippen LogP contribution in [0.3, 0.4) is 0 Å². The lowest BCUT2D eigenvalue weighted by atomic mass is 10.0. The Morgan fingerprint density at radius 1 is 0.865 bits per heavy atom. The fourth-order valence-corrected chi connectivity index (χ4v) is 5.09. The zero-order chi connectivity index (χ0) is 27.1. The minimum atomic E-state index is -3.48. The van der Waals surface area contributed by atoms with Gasteiger partial charge in [-0.25, -0.2) is 13.2 Å². The molecule has 8 heteroatoms. The number of nitrogens with one attached hydrogen (secondary N) is 2. The van der Waals surface area contributed by atoms with Crippen LogP contribution in [0.1, 0.15) is 43.9 Å². The molecular weight excluding hydrogens is 488 g/mol. The van der Waals surface area contributed by atoms with Gasteiger partial charge in [-0.3, -0.25) is 4.79 Å². The van der Waals surface area contributed by atoms with Crippen molar-refractivity contribution in [2.24, 2.45) is 0 Å². The number of esters is 1. The Hall–Kier alpha value is -3.65. The van der Waals surface area contributed by atoms with E-state index in [0.29, 0.717) is 17.7 Å². The Morgan fingerprint density at radius 3 is 2.08 bits per heavy atom. The Bertz CT molecular complexity index is 1300. The smallest absolute Gasteiger partial charge is 0.319 e. The molecule has 0 unspecified atom stereocenters. The molecule has 2 N–H and O–H groups in total. The Morgan fingerprint density at radius 2 is 1.49 bits per heavy atom. The maximum Gasteiger partial charge on any atom is 0.319 e. The highest BCUT2D eigenvalue weighted by molar-refractivity contribution is 7.90. The molecule has 0 aliphatic heterocycles. The van der Waals surface area contributed by atoms with Gasteiger partial charge < -0.3 is 15.4 Å². The summed E-state index contributed by atoms with van der Waals surface area (Å²) >= 11 is 0. The summed E-state index contributed by atoms with van der Waals surface area (Å²) in [6.45, 7) is 7.30. The fraction of sp³-hybridized carbons (Fsp3) is 0.310. The van der Waals surface area contributed by atoms with Gasteiger partial charge in [0.25, 0.3) is 0 Å². The molecule has 37 heavy (non-hydrogen) atoms. The first-order chi connectivity index (χ1) is 17.4. The Balaban J connectivity index is 1.62. The summed E-state index contributed by atoms with van der Waals surface area (Å²) in [6.07, 6.45) is 0.485. The van der Waals surface area contributed by atoms with Crippen molar-refractivity contribution in [2.45, 2.75) is 62.8 Å². The Labute approximate surface area is 219 Å². The number of urea groups is 1. The summed E-state index contributed by atoms with van der Waals surface area (Å²) in [7, 11) is -3.48. The third-order valence-electron chi connectivity index (χ3n) is 5.44. The second-order valence-electron chi connectivity index (χ2n) is 10.0. The predicted octanol–water partition coefficient (Wildman–Crippen LogP) is 5.43. The third kappa shape index (κ3) is 9.38. The molecule has 3 aromatic carbocycles. The standard InChI is InChI=1S/C29H34N2O5S/c1-21-10-16-26(17-11-21)37(34,35)20-23-12-14-24(15-13-23)30-28(33)31-25(18-22-8-6-5-7-9-22)19-27(32)36-29(2,3)4/h5-17,25H,18-20H2,1-4H3,(H2,30,31,33)/t25-/m0/s1. The lowest BCUT2D eigenvalue weighted by molar-refractivity contribution is -0.155. The second-order valence-corrected chi connectivity index (χ2v) is 12.0. The molecule has 7 nitrogen and oxygen atoms in total. The highest BCUT2D eigenvalue weighted by Gasteiger charge is 2.22. The number of sulfone groups is 1. The largest absolute Gasteiger partial charge is 0.460 e. The van der Waals surface area contributed by atoms with Gasteiger partial charge in [0.05, 0.1) is 17.1 Å². The van der Waals surface area contributed by atoms with Crippen molar-refractivity contribution in [1.82, 2.24) is 5.32 Å². The summed E-state index contributed by atoms with van der Waals surface area (Å²) in [4.78, 5) is 25.4. The van der Waals surface area contributed by atoms with Crippen LogP contribution in [0.2, 0.25) is 0 Å². The van der Waals surface area contributed by atoms with Gasteiger partial charge in [0, 0.05) is 11.7 Å². The average molecular weight is 523 g/mol. The van der Waals surface area contributed by atoms with Gasteiger partial charge in [-0.15, -0.1) is 0 Å². The second kappa shape index (κ2) is 12.1. The van der Waals surface area contributed by atoms with Crippen molar-refractivity contribution in [2.75, 3.05) is 5.32 Å². The molecule has 2 amide bonds. The van der Waals surface area contributed by atoms with Crippen LogP contribution >= 0.6 is 0 Å². The zero-order valence-electron chi connectivity index (χ0n) is 21.7. The summed E-state index contributed by atoms with van der Waals surface area (Å²) in [5, 5.41) is 5.62. The topological polar surface area (TPSA) is 102 Å². The highest BCUT2D eigenvalue weighted by Crippen LogP contribution is 2.19. The minimum Gasteiger partial charge on any atom is -0.460 e. The fourth-order valence-electron chi connectivity index (χ4n) is 3.74. The van der Waals surface area contributed by atoms with Gasteiger partial charge in [-0.05, 0) is 69.5 Å². The van der Waals surface area contributed by atoms with E-state index in [1.54, 1.807) is 69.3 Å². The molecule has 3 aromatic rings. The summed E-state index contributed by atoms with van der Waals surface area (Å²) in [5.41, 5.74) is 2.47. The third-order valence-corrected chi connectivity index (χ3v) is 7.15. The van der Waals surface area contributed by atoms with Crippen LogP contribution in [-0.4, -0.2) is 32.1 Å². The molecule has 0 radical (unpaired) electrons. The van der Waals surface area contributed by atoms with Gasteiger partial charge in [0.1, 0.15) is 5.60 Å². The van der Waals surface area contributed by atoms with Crippen LogP contribution in [0.5, 0.6) is 0 Å². The van der Waals surface area contributed by atoms with E-state index < -0.39 is 33.5 Å². The van der Waals surface area contributed by atoms with Gasteiger partial charge in [-0.2, -0.15) is 0 Å². The molecule has 0 saturated carbocycles. The van der Waals surface area contributed by atoms with E-state index in [4.69, 9.17) is 4.74 Å². The van der Waals surface area contributed by atoms with Crippen LogP contribution in [0, 0.1) is 6.92 Å². The molecule has 196 valence electrons. The number of hydrogen-bond donors (Lipinski definition) is 2. The normalized spacial score (nSPS) is 12.4. The molecule has 0 aliphatic rings. The first-order valence-corrected chi connectivity index (χ1v) is 13.8. The van der Waals surface area contributed by atoms with E-state index in [1.807, 2.05) is 37.3 Å². The van der Waals surface area contributed by atoms with Crippen molar-refractivity contribution in [3.63, 3.8) is 0 Å². The predicted molar refractivity (Wildman–Crippen MR) is 145 cm³/mol. The van der Waals surface area contributed by atoms with Crippen molar-refractivity contribution in [3.8, 4) is 0 Å². The van der Waals surface area contributed by atoms with Crippen LogP contribution in [0.25, 0.3) is 0 Å². The maximum atomic E-state index is 12.7. The molecule has 0 bridgehead atoms. The van der Waals surface area contributed by atoms with Gasteiger partial charge in [0.15, 0.2) is 9.84 Å². The van der Waals surface area contributed by atoms with Gasteiger partial charge in [-0.1, -0.05) is 60.2 Å². The summed E-state index contributed by atoms with van der Waals surface area (Å²) in [5.74, 6) is -0.537. The van der Waals surface area contributed by atoms with Crippen molar-refractivity contribution >= 4 is 27.5 Å². The monoisotopic (exact) mass is 522 g/mol. The van der Waals surface area contributed by atoms with Crippen LogP contribution in [0.4, 0.5) is 10.5 Å². The number of rotatable bonds is 9. The van der Waals surface area contributed by atoms with E-state index in [-0.39, 0.29) is 17.1 Å².